The number of aromatic nitrogens is 12. The Hall–Kier alpha value is -3.98. The van der Waals surface area contributed by atoms with E-state index in [1.54, 1.807) is 53.6 Å². The molecule has 0 spiro atoms. The van der Waals surface area contributed by atoms with E-state index in [1.165, 1.54) is 9.36 Å². The first kappa shape index (κ1) is 24.1. The van der Waals surface area contributed by atoms with E-state index in [-0.39, 0.29) is 1.43 Å². The molecule has 4 heterocycles. The Morgan fingerprint density at radius 1 is 0.800 bits per heavy atom. The Balaban J connectivity index is 0.000000384. The lowest BCUT2D eigenvalue weighted by atomic mass is 10.7. The highest BCUT2D eigenvalue weighted by Crippen LogP contribution is 1.81. The van der Waals surface area contributed by atoms with Gasteiger partial charge >= 0.3 is 11.5 Å². The summed E-state index contributed by atoms with van der Waals surface area (Å²) in [4.78, 5) is 22.2. The highest BCUT2D eigenvalue weighted by atomic mass is 16.5. The molecule has 0 aliphatic rings. The zero-order valence-electron chi connectivity index (χ0n) is 18.0. The molecule has 4 rings (SSSR count). The minimum atomic E-state index is -0.414. The SMILES string of the molecule is Cc1nn(C)c(=O)o1.Cc1nnn(C)n1.Cc1nnnn1C.Cc1noc(=O)n1C.[2HH]. The van der Waals surface area contributed by atoms with Gasteiger partial charge < -0.3 is 4.42 Å². The molecular formula is C14H26N12O4. The normalized spacial score (nSPS) is 9.60. The number of rotatable bonds is 0. The molecule has 0 fully saturated rings. The molecule has 0 bridgehead atoms. The van der Waals surface area contributed by atoms with E-state index in [1.807, 2.05) is 6.92 Å². The zero-order chi connectivity index (χ0) is 22.8. The quantitative estimate of drug-likeness (QED) is 0.322. The third-order valence-electron chi connectivity index (χ3n) is 3.25. The lowest BCUT2D eigenvalue weighted by molar-refractivity contribution is 0.377. The number of aryl methyl sites for hydroxylation is 7. The van der Waals surface area contributed by atoms with Gasteiger partial charge in [-0.2, -0.15) is 9.48 Å². The van der Waals surface area contributed by atoms with Crippen molar-refractivity contribution in [2.75, 3.05) is 0 Å². The van der Waals surface area contributed by atoms with Gasteiger partial charge in [-0.15, -0.1) is 20.4 Å². The largest absolute Gasteiger partial charge is 0.441 e. The first-order chi connectivity index (χ1) is 14.0. The van der Waals surface area contributed by atoms with Crippen molar-refractivity contribution in [2.45, 2.75) is 27.7 Å². The van der Waals surface area contributed by atoms with E-state index >= 15 is 0 Å². The van der Waals surface area contributed by atoms with Crippen molar-refractivity contribution in [3.05, 3.63) is 44.5 Å². The van der Waals surface area contributed by atoms with E-state index in [2.05, 4.69) is 50.1 Å². The van der Waals surface area contributed by atoms with Crippen LogP contribution in [-0.2, 0) is 28.2 Å². The van der Waals surface area contributed by atoms with Gasteiger partial charge in [0.25, 0.3) is 0 Å². The number of hydrogen-bond acceptors (Lipinski definition) is 12. The van der Waals surface area contributed by atoms with Crippen LogP contribution in [0.15, 0.2) is 18.5 Å². The lowest BCUT2D eigenvalue weighted by Gasteiger charge is -1.81. The maximum Gasteiger partial charge on any atom is 0.441 e. The zero-order valence-corrected chi connectivity index (χ0v) is 18.0. The molecular weight excluding hydrogens is 400 g/mol. The van der Waals surface area contributed by atoms with Crippen molar-refractivity contribution in [1.29, 1.82) is 0 Å². The molecule has 0 atom stereocenters. The van der Waals surface area contributed by atoms with Crippen LogP contribution >= 0.6 is 0 Å². The Labute approximate surface area is 171 Å². The summed E-state index contributed by atoms with van der Waals surface area (Å²) < 4.78 is 12.9. The van der Waals surface area contributed by atoms with Gasteiger partial charge in [-0.05, 0) is 36.4 Å². The van der Waals surface area contributed by atoms with Gasteiger partial charge in [0.1, 0.15) is 5.82 Å². The van der Waals surface area contributed by atoms with Gasteiger partial charge in [0.15, 0.2) is 11.6 Å². The Bertz CT molecular complexity index is 1120. The minimum Gasteiger partial charge on any atom is -0.393 e. The number of tetrazole rings is 2. The Morgan fingerprint density at radius 3 is 1.60 bits per heavy atom. The van der Waals surface area contributed by atoms with Crippen molar-refractivity contribution in [3.8, 4) is 0 Å². The monoisotopic (exact) mass is 427 g/mol. The van der Waals surface area contributed by atoms with Crippen LogP contribution < -0.4 is 11.5 Å². The number of nitrogens with zero attached hydrogens (tertiary/aromatic N) is 12. The van der Waals surface area contributed by atoms with Gasteiger partial charge in [-0.25, -0.2) is 14.3 Å². The fourth-order valence-corrected chi connectivity index (χ4v) is 1.48. The first-order valence-corrected chi connectivity index (χ1v) is 8.40. The van der Waals surface area contributed by atoms with Gasteiger partial charge in [0, 0.05) is 29.5 Å². The van der Waals surface area contributed by atoms with Crippen LogP contribution in [-0.4, -0.2) is 59.9 Å². The van der Waals surface area contributed by atoms with Crippen LogP contribution in [0.1, 0.15) is 24.8 Å². The van der Waals surface area contributed by atoms with Gasteiger partial charge in [-0.3, -0.25) is 9.09 Å². The molecule has 166 valence electrons. The summed E-state index contributed by atoms with van der Waals surface area (Å²) in [5, 5.41) is 28.6. The van der Waals surface area contributed by atoms with E-state index in [4.69, 9.17) is 0 Å². The van der Waals surface area contributed by atoms with E-state index in [9.17, 15) is 9.59 Å². The fraction of sp³-hybridized carbons (Fsp3) is 0.571. The summed E-state index contributed by atoms with van der Waals surface area (Å²) in [6.45, 7) is 6.97. The van der Waals surface area contributed by atoms with Crippen molar-refractivity contribution in [3.63, 3.8) is 0 Å². The third-order valence-corrected chi connectivity index (χ3v) is 3.25. The second-order valence-electron chi connectivity index (χ2n) is 5.74. The average Bonchev–Trinajstić information content (AvgIpc) is 3.40. The van der Waals surface area contributed by atoms with E-state index in [0.717, 1.165) is 10.5 Å². The molecule has 16 heteroatoms. The maximum atomic E-state index is 10.4. The van der Waals surface area contributed by atoms with Crippen LogP contribution in [0.4, 0.5) is 0 Å². The summed E-state index contributed by atoms with van der Waals surface area (Å²) in [6.07, 6.45) is 0. The second kappa shape index (κ2) is 11.1. The van der Waals surface area contributed by atoms with E-state index in [0.29, 0.717) is 17.5 Å². The topological polar surface area (TPSA) is 183 Å². The first-order valence-electron chi connectivity index (χ1n) is 8.40. The minimum absolute atomic E-state index is 0. The predicted octanol–water partition coefficient (Wildman–Crippen LogP) is -1.35. The molecule has 0 saturated heterocycles. The van der Waals surface area contributed by atoms with E-state index < -0.39 is 11.5 Å². The van der Waals surface area contributed by atoms with Crippen LogP contribution in [0.2, 0.25) is 0 Å². The Morgan fingerprint density at radius 2 is 1.47 bits per heavy atom. The van der Waals surface area contributed by atoms with Crippen LogP contribution in [0, 0.1) is 27.7 Å². The highest BCUT2D eigenvalue weighted by Gasteiger charge is 1.96. The van der Waals surface area contributed by atoms with Crippen molar-refractivity contribution >= 4 is 0 Å². The molecule has 4 aromatic heterocycles. The van der Waals surface area contributed by atoms with Gasteiger partial charge in [0.2, 0.25) is 5.89 Å². The molecule has 0 N–H and O–H groups in total. The third kappa shape index (κ3) is 7.95. The highest BCUT2D eigenvalue weighted by molar-refractivity contribution is 4.74. The number of hydrogen-bond donors (Lipinski definition) is 0. The molecule has 0 unspecified atom stereocenters. The van der Waals surface area contributed by atoms with Gasteiger partial charge in [-0.1, -0.05) is 5.16 Å². The second-order valence-corrected chi connectivity index (χ2v) is 5.74. The molecule has 0 amide bonds. The molecule has 16 nitrogen and oxygen atoms in total. The lowest BCUT2D eigenvalue weighted by Crippen LogP contribution is -2.09. The maximum absolute atomic E-state index is 10.4. The molecule has 0 aromatic carbocycles. The molecule has 0 radical (unpaired) electrons. The van der Waals surface area contributed by atoms with Crippen LogP contribution in [0.3, 0.4) is 0 Å². The fourth-order valence-electron chi connectivity index (χ4n) is 1.48. The van der Waals surface area contributed by atoms with Gasteiger partial charge in [0.05, 0.1) is 7.05 Å². The summed E-state index contributed by atoms with van der Waals surface area (Å²) in [5.74, 6) is 1.71. The standard InChI is InChI=1S/2C4H6N2O2.2C3H6N4.H2/c1-3-5-6(2)4(7)8-3;1-3-5-8-4(7)6(3)2;1-3-4-5-6-7(3)2;1-3-4-6-7(2)5-3;/h2*1-2H3;2*1-2H3;1H/i;;;;1+1. The molecule has 0 aliphatic carbocycles. The summed E-state index contributed by atoms with van der Waals surface area (Å²) in [7, 11) is 6.68. The molecule has 0 saturated carbocycles. The average molecular weight is 427 g/mol. The van der Waals surface area contributed by atoms with Crippen LogP contribution in [0.25, 0.3) is 0 Å². The van der Waals surface area contributed by atoms with Crippen molar-refractivity contribution in [2.24, 2.45) is 28.2 Å². The summed E-state index contributed by atoms with van der Waals surface area (Å²) >= 11 is 0. The smallest absolute Gasteiger partial charge is 0.393 e. The molecule has 4 aromatic rings. The van der Waals surface area contributed by atoms with Crippen LogP contribution in [0.5, 0.6) is 0 Å². The molecule has 0 aliphatic heterocycles. The van der Waals surface area contributed by atoms with Crippen molar-refractivity contribution < 1.29 is 10.4 Å². The summed E-state index contributed by atoms with van der Waals surface area (Å²) in [5.41, 5.74) is 0. The molecule has 30 heavy (non-hydrogen) atoms. The Kier molecular flexibility index (Phi) is 8.92. The van der Waals surface area contributed by atoms with Crippen molar-refractivity contribution in [1.82, 2.24) is 59.9 Å². The summed E-state index contributed by atoms with van der Waals surface area (Å²) in [6, 6.07) is 0. The predicted molar refractivity (Wildman–Crippen MR) is 102 cm³/mol.